The van der Waals surface area contributed by atoms with Gasteiger partial charge in [-0.05, 0) is 67.0 Å². The molecule has 0 radical (unpaired) electrons. The fourth-order valence-electron chi connectivity index (χ4n) is 4.59. The molecule has 1 saturated carbocycles. The molecule has 0 atom stereocenters. The second kappa shape index (κ2) is 8.70. The van der Waals surface area contributed by atoms with Crippen LogP contribution in [0.25, 0.3) is 10.8 Å². The number of aromatic amines is 1. The van der Waals surface area contributed by atoms with Gasteiger partial charge in [0.25, 0.3) is 11.1 Å². The van der Waals surface area contributed by atoms with Crippen molar-refractivity contribution in [1.82, 2.24) is 14.5 Å². The van der Waals surface area contributed by atoms with Crippen LogP contribution in [0.1, 0.15) is 54.4 Å². The number of fused-ring (bicyclic) bond motifs is 1. The van der Waals surface area contributed by atoms with E-state index in [2.05, 4.69) is 40.4 Å². The molecule has 0 bridgehead atoms. The first kappa shape index (κ1) is 21.2. The summed E-state index contributed by atoms with van der Waals surface area (Å²) in [7, 11) is 0. The summed E-state index contributed by atoms with van der Waals surface area (Å²) in [5.74, 6) is 1.13. The highest BCUT2D eigenvalue weighted by atomic mass is 16.1. The molecule has 0 aliphatic heterocycles. The van der Waals surface area contributed by atoms with Gasteiger partial charge in [0.2, 0.25) is 5.95 Å². The monoisotopic (exact) mass is 440 g/mol. The highest BCUT2D eigenvalue weighted by Crippen LogP contribution is 2.38. The summed E-state index contributed by atoms with van der Waals surface area (Å²) in [6.07, 6.45) is 7.98. The SMILES string of the molecule is CCc1cn(Cc2ccc(C)c(C3CCC3)c2)c(Nc2cccc3c(=O)[nH]ccc23)nc1=O. The number of pyridine rings is 1. The number of hydrogen-bond donors (Lipinski definition) is 2. The average molecular weight is 441 g/mol. The second-order valence-corrected chi connectivity index (χ2v) is 8.89. The lowest BCUT2D eigenvalue weighted by molar-refractivity contribution is 0.418. The average Bonchev–Trinajstić information content (AvgIpc) is 2.77. The Morgan fingerprint density at radius 3 is 2.73 bits per heavy atom. The highest BCUT2D eigenvalue weighted by molar-refractivity contribution is 5.94. The van der Waals surface area contributed by atoms with E-state index < -0.39 is 0 Å². The molecule has 2 aromatic carbocycles. The van der Waals surface area contributed by atoms with Crippen molar-refractivity contribution >= 4 is 22.4 Å². The molecule has 2 N–H and O–H groups in total. The molecule has 33 heavy (non-hydrogen) atoms. The molecule has 5 rings (SSSR count). The zero-order chi connectivity index (χ0) is 22.9. The number of hydrogen-bond acceptors (Lipinski definition) is 4. The molecular formula is C27H28N4O2. The third-order valence-electron chi connectivity index (χ3n) is 6.75. The van der Waals surface area contributed by atoms with Gasteiger partial charge in [0.1, 0.15) is 0 Å². The van der Waals surface area contributed by atoms with Crippen LogP contribution in [0.3, 0.4) is 0 Å². The molecule has 0 saturated heterocycles. The van der Waals surface area contributed by atoms with E-state index in [1.54, 1.807) is 12.3 Å². The Labute approximate surface area is 192 Å². The Kier molecular flexibility index (Phi) is 5.58. The summed E-state index contributed by atoms with van der Waals surface area (Å²) in [4.78, 5) is 31.9. The van der Waals surface area contributed by atoms with Crippen LogP contribution >= 0.6 is 0 Å². The molecule has 6 heteroatoms. The van der Waals surface area contributed by atoms with Gasteiger partial charge >= 0.3 is 0 Å². The van der Waals surface area contributed by atoms with Crippen molar-refractivity contribution in [3.05, 3.63) is 97.8 Å². The van der Waals surface area contributed by atoms with E-state index in [4.69, 9.17) is 0 Å². The number of aryl methyl sites for hydroxylation is 2. The molecule has 2 aromatic heterocycles. The fourth-order valence-corrected chi connectivity index (χ4v) is 4.59. The normalized spacial score (nSPS) is 13.8. The van der Waals surface area contributed by atoms with Crippen LogP contribution in [0.5, 0.6) is 0 Å². The topological polar surface area (TPSA) is 79.8 Å². The van der Waals surface area contributed by atoms with Crippen molar-refractivity contribution in [3.8, 4) is 0 Å². The van der Waals surface area contributed by atoms with E-state index in [-0.39, 0.29) is 11.1 Å². The quantitative estimate of drug-likeness (QED) is 0.441. The largest absolute Gasteiger partial charge is 0.329 e. The van der Waals surface area contributed by atoms with Gasteiger partial charge in [0.15, 0.2) is 0 Å². The first-order chi connectivity index (χ1) is 16.0. The summed E-state index contributed by atoms with van der Waals surface area (Å²) in [6, 6.07) is 14.0. The zero-order valence-electron chi connectivity index (χ0n) is 19.0. The lowest BCUT2D eigenvalue weighted by Crippen LogP contribution is -2.21. The molecule has 1 aliphatic rings. The van der Waals surface area contributed by atoms with Crippen molar-refractivity contribution in [2.24, 2.45) is 0 Å². The third-order valence-corrected chi connectivity index (χ3v) is 6.75. The maximum Gasteiger partial charge on any atom is 0.277 e. The molecular weight excluding hydrogens is 412 g/mol. The van der Waals surface area contributed by atoms with E-state index in [1.807, 2.05) is 35.9 Å². The molecule has 1 aliphatic carbocycles. The van der Waals surface area contributed by atoms with Gasteiger partial charge in [0.05, 0.1) is 6.54 Å². The van der Waals surface area contributed by atoms with Crippen molar-refractivity contribution in [1.29, 1.82) is 0 Å². The Bertz CT molecular complexity index is 1450. The Morgan fingerprint density at radius 2 is 1.97 bits per heavy atom. The molecule has 2 heterocycles. The summed E-state index contributed by atoms with van der Waals surface area (Å²) >= 11 is 0. The van der Waals surface area contributed by atoms with Gasteiger partial charge in [-0.1, -0.05) is 37.6 Å². The van der Waals surface area contributed by atoms with E-state index in [0.29, 0.717) is 35.8 Å². The van der Waals surface area contributed by atoms with Crippen molar-refractivity contribution in [2.45, 2.75) is 52.0 Å². The number of H-pyrrole nitrogens is 1. The van der Waals surface area contributed by atoms with Gasteiger partial charge in [-0.2, -0.15) is 4.98 Å². The lowest BCUT2D eigenvalue weighted by atomic mass is 9.78. The van der Waals surface area contributed by atoms with Gasteiger partial charge < -0.3 is 14.9 Å². The molecule has 4 aromatic rings. The maximum absolute atomic E-state index is 12.6. The predicted octanol–water partition coefficient (Wildman–Crippen LogP) is 5.02. The summed E-state index contributed by atoms with van der Waals surface area (Å²) in [6.45, 7) is 4.75. The standard InChI is InChI=1S/C27H28N4O2/c1-3-19-16-31(15-18-11-10-17(2)23(14-18)20-6-4-7-20)27(30-25(19)32)29-24-9-5-8-22-21(24)12-13-28-26(22)33/h5,8-14,16,20H,3-4,6-7,15H2,1-2H3,(H,28,33)(H,29,30,32). The molecule has 0 spiro atoms. The summed E-state index contributed by atoms with van der Waals surface area (Å²) in [5.41, 5.74) is 5.01. The molecule has 0 unspecified atom stereocenters. The molecule has 168 valence electrons. The van der Waals surface area contributed by atoms with Crippen LogP contribution in [-0.2, 0) is 13.0 Å². The van der Waals surface area contributed by atoms with Gasteiger partial charge in [0, 0.05) is 34.4 Å². The fraction of sp³-hybridized carbons (Fsp3) is 0.296. The van der Waals surface area contributed by atoms with Gasteiger partial charge in [-0.3, -0.25) is 9.59 Å². The Morgan fingerprint density at radius 1 is 1.12 bits per heavy atom. The second-order valence-electron chi connectivity index (χ2n) is 8.89. The minimum atomic E-state index is -0.228. The Balaban J connectivity index is 1.56. The van der Waals surface area contributed by atoms with Crippen LogP contribution in [0.4, 0.5) is 11.6 Å². The predicted molar refractivity (Wildman–Crippen MR) is 133 cm³/mol. The summed E-state index contributed by atoms with van der Waals surface area (Å²) < 4.78 is 2.00. The molecule has 0 amide bonds. The maximum atomic E-state index is 12.6. The van der Waals surface area contributed by atoms with E-state index >= 15 is 0 Å². The number of anilines is 2. The lowest BCUT2D eigenvalue weighted by Gasteiger charge is -2.28. The highest BCUT2D eigenvalue weighted by Gasteiger charge is 2.21. The van der Waals surface area contributed by atoms with E-state index in [1.165, 1.54) is 36.0 Å². The number of rotatable bonds is 6. The van der Waals surface area contributed by atoms with Crippen molar-refractivity contribution in [2.75, 3.05) is 5.32 Å². The van der Waals surface area contributed by atoms with Crippen molar-refractivity contribution < 1.29 is 0 Å². The van der Waals surface area contributed by atoms with Crippen LogP contribution in [0, 0.1) is 6.92 Å². The third kappa shape index (κ3) is 4.09. The van der Waals surface area contributed by atoms with Crippen LogP contribution in [-0.4, -0.2) is 14.5 Å². The van der Waals surface area contributed by atoms with Crippen LogP contribution < -0.4 is 16.4 Å². The Hall–Kier alpha value is -3.67. The van der Waals surface area contributed by atoms with E-state index in [9.17, 15) is 9.59 Å². The van der Waals surface area contributed by atoms with E-state index in [0.717, 1.165) is 11.1 Å². The van der Waals surface area contributed by atoms with Gasteiger partial charge in [-0.25, -0.2) is 0 Å². The number of benzene rings is 2. The first-order valence-corrected chi connectivity index (χ1v) is 11.6. The van der Waals surface area contributed by atoms with Crippen LogP contribution in [0.15, 0.2) is 64.4 Å². The van der Waals surface area contributed by atoms with Gasteiger partial charge in [-0.15, -0.1) is 0 Å². The zero-order valence-corrected chi connectivity index (χ0v) is 19.0. The molecule has 1 fully saturated rings. The minimum absolute atomic E-state index is 0.147. The first-order valence-electron chi connectivity index (χ1n) is 11.6. The van der Waals surface area contributed by atoms with Crippen LogP contribution in [0.2, 0.25) is 0 Å². The molecule has 6 nitrogen and oxygen atoms in total. The number of nitrogens with one attached hydrogen (secondary N) is 2. The number of nitrogens with zero attached hydrogens (tertiary/aromatic N) is 2. The summed E-state index contributed by atoms with van der Waals surface area (Å²) in [5, 5.41) is 4.70. The van der Waals surface area contributed by atoms with Crippen molar-refractivity contribution in [3.63, 3.8) is 0 Å². The minimum Gasteiger partial charge on any atom is -0.329 e. The smallest absolute Gasteiger partial charge is 0.277 e. The number of aromatic nitrogens is 3.